The minimum Gasteiger partial charge on any atom is -0.496 e. The van der Waals surface area contributed by atoms with Crippen LogP contribution >= 0.6 is 0 Å². The Morgan fingerprint density at radius 2 is 1.76 bits per heavy atom. The van der Waals surface area contributed by atoms with Crippen molar-refractivity contribution in [3.05, 3.63) is 65.2 Å². The number of carbonyl (C=O) groups is 1. The summed E-state index contributed by atoms with van der Waals surface area (Å²) < 4.78 is 5.29. The fourth-order valence-corrected chi connectivity index (χ4v) is 2.24. The van der Waals surface area contributed by atoms with Crippen LogP contribution < -0.4 is 10.1 Å². The van der Waals surface area contributed by atoms with Crippen LogP contribution in [-0.4, -0.2) is 24.7 Å². The van der Waals surface area contributed by atoms with Crippen molar-refractivity contribution in [2.45, 2.75) is 13.0 Å². The Bertz CT molecular complexity index is 610. The molecule has 2 aromatic rings. The molecule has 0 saturated carbocycles. The van der Waals surface area contributed by atoms with Crippen LogP contribution in [0.1, 0.15) is 21.5 Å². The zero-order chi connectivity index (χ0) is 15.1. The van der Waals surface area contributed by atoms with Gasteiger partial charge in [0.15, 0.2) is 0 Å². The van der Waals surface area contributed by atoms with Crippen LogP contribution in [0.5, 0.6) is 5.75 Å². The normalized spacial score (nSPS) is 10.3. The number of rotatable bonds is 7. The zero-order valence-corrected chi connectivity index (χ0v) is 12.0. The highest BCUT2D eigenvalue weighted by Gasteiger charge is 2.08. The van der Waals surface area contributed by atoms with E-state index in [2.05, 4.69) is 5.32 Å². The van der Waals surface area contributed by atoms with Crippen molar-refractivity contribution in [2.24, 2.45) is 0 Å². The van der Waals surface area contributed by atoms with Crippen molar-refractivity contribution >= 4 is 5.97 Å². The van der Waals surface area contributed by atoms with Crippen LogP contribution in [0.2, 0.25) is 0 Å². The fourth-order valence-electron chi connectivity index (χ4n) is 2.24. The molecule has 0 saturated heterocycles. The van der Waals surface area contributed by atoms with Crippen molar-refractivity contribution < 1.29 is 14.6 Å². The molecule has 4 heteroatoms. The maximum Gasteiger partial charge on any atom is 0.335 e. The summed E-state index contributed by atoms with van der Waals surface area (Å²) in [6.45, 7) is 1.40. The Labute approximate surface area is 124 Å². The van der Waals surface area contributed by atoms with Crippen molar-refractivity contribution in [3.8, 4) is 5.75 Å². The zero-order valence-electron chi connectivity index (χ0n) is 12.0. The smallest absolute Gasteiger partial charge is 0.335 e. The summed E-state index contributed by atoms with van der Waals surface area (Å²) in [5.41, 5.74) is 2.31. The van der Waals surface area contributed by atoms with Gasteiger partial charge >= 0.3 is 5.97 Å². The number of hydrogen-bond acceptors (Lipinski definition) is 3. The maximum atomic E-state index is 11.1. The number of carboxylic acid groups (broad SMARTS) is 1. The van der Waals surface area contributed by atoms with Crippen LogP contribution in [0, 0.1) is 0 Å². The number of benzene rings is 2. The van der Waals surface area contributed by atoms with Gasteiger partial charge in [-0.25, -0.2) is 4.79 Å². The molecule has 0 amide bonds. The molecular formula is C17H19NO3. The molecular weight excluding hydrogens is 266 g/mol. The molecule has 2 aromatic carbocycles. The van der Waals surface area contributed by atoms with E-state index in [1.165, 1.54) is 0 Å². The lowest BCUT2D eigenvalue weighted by Gasteiger charge is -2.10. The van der Waals surface area contributed by atoms with Gasteiger partial charge in [-0.2, -0.15) is 0 Å². The summed E-state index contributed by atoms with van der Waals surface area (Å²) in [7, 11) is 1.65. The summed E-state index contributed by atoms with van der Waals surface area (Å²) in [6.07, 6.45) is 0.678. The first kappa shape index (κ1) is 15.1. The van der Waals surface area contributed by atoms with E-state index in [1.54, 1.807) is 19.2 Å². The third-order valence-electron chi connectivity index (χ3n) is 3.33. The highest BCUT2D eigenvalue weighted by Crippen LogP contribution is 2.16. The predicted molar refractivity (Wildman–Crippen MR) is 81.8 cm³/mol. The van der Waals surface area contributed by atoms with Gasteiger partial charge in [-0.3, -0.25) is 0 Å². The first-order valence-electron chi connectivity index (χ1n) is 6.86. The molecule has 110 valence electrons. The van der Waals surface area contributed by atoms with Crippen LogP contribution in [0.4, 0.5) is 0 Å². The Hall–Kier alpha value is -2.33. The molecule has 21 heavy (non-hydrogen) atoms. The van der Waals surface area contributed by atoms with E-state index >= 15 is 0 Å². The van der Waals surface area contributed by atoms with Crippen molar-refractivity contribution in [2.75, 3.05) is 13.7 Å². The summed E-state index contributed by atoms with van der Waals surface area (Å²) >= 11 is 0. The second-order valence-electron chi connectivity index (χ2n) is 4.70. The van der Waals surface area contributed by atoms with E-state index < -0.39 is 5.97 Å². The molecule has 0 radical (unpaired) electrons. The summed E-state index contributed by atoms with van der Waals surface area (Å²) in [5, 5.41) is 12.4. The molecule has 0 aliphatic rings. The van der Waals surface area contributed by atoms with Crippen LogP contribution in [-0.2, 0) is 13.0 Å². The van der Waals surface area contributed by atoms with Gasteiger partial charge in [-0.1, -0.05) is 36.4 Å². The molecule has 0 heterocycles. The molecule has 0 aliphatic heterocycles. The van der Waals surface area contributed by atoms with E-state index in [9.17, 15) is 4.79 Å². The number of methoxy groups -OCH3 is 1. The molecule has 2 rings (SSSR count). The van der Waals surface area contributed by atoms with E-state index in [1.807, 2.05) is 36.4 Å². The first-order chi connectivity index (χ1) is 10.2. The lowest BCUT2D eigenvalue weighted by atomic mass is 10.0. The molecule has 0 fully saturated rings. The third-order valence-corrected chi connectivity index (χ3v) is 3.33. The van der Waals surface area contributed by atoms with Gasteiger partial charge in [0.05, 0.1) is 12.7 Å². The molecule has 0 spiro atoms. The minimum absolute atomic E-state index is 0.372. The van der Waals surface area contributed by atoms with Crippen molar-refractivity contribution in [1.82, 2.24) is 5.32 Å². The second-order valence-corrected chi connectivity index (χ2v) is 4.70. The van der Waals surface area contributed by atoms with Crippen molar-refractivity contribution in [3.63, 3.8) is 0 Å². The van der Waals surface area contributed by atoms with Gasteiger partial charge in [-0.15, -0.1) is 0 Å². The Morgan fingerprint density at radius 3 is 2.48 bits per heavy atom. The average molecular weight is 285 g/mol. The van der Waals surface area contributed by atoms with Crippen LogP contribution in [0.15, 0.2) is 48.5 Å². The molecule has 0 unspecified atom stereocenters. The van der Waals surface area contributed by atoms with Gasteiger partial charge in [0.25, 0.3) is 0 Å². The first-order valence-corrected chi connectivity index (χ1v) is 6.86. The summed E-state index contributed by atoms with van der Waals surface area (Å²) in [5.74, 6) is -0.0220. The van der Waals surface area contributed by atoms with Crippen molar-refractivity contribution in [1.29, 1.82) is 0 Å². The van der Waals surface area contributed by atoms with Gasteiger partial charge < -0.3 is 15.2 Å². The highest BCUT2D eigenvalue weighted by atomic mass is 16.5. The van der Waals surface area contributed by atoms with E-state index in [0.29, 0.717) is 25.1 Å². The number of hydrogen-bond donors (Lipinski definition) is 2. The lowest BCUT2D eigenvalue weighted by Crippen LogP contribution is -2.18. The molecule has 0 bridgehead atoms. The van der Waals surface area contributed by atoms with Crippen LogP contribution in [0.3, 0.4) is 0 Å². The predicted octanol–water partition coefficient (Wildman–Crippen LogP) is 2.73. The topological polar surface area (TPSA) is 58.6 Å². The van der Waals surface area contributed by atoms with E-state index in [0.717, 1.165) is 16.9 Å². The lowest BCUT2D eigenvalue weighted by molar-refractivity contribution is 0.0695. The summed E-state index contributed by atoms with van der Waals surface area (Å²) in [4.78, 5) is 11.1. The quantitative estimate of drug-likeness (QED) is 0.768. The van der Waals surface area contributed by atoms with Gasteiger partial charge in [0.1, 0.15) is 5.75 Å². The summed E-state index contributed by atoms with van der Waals surface area (Å²) in [6, 6.07) is 14.9. The Balaban J connectivity index is 1.89. The Kier molecular flexibility index (Phi) is 5.35. The minimum atomic E-state index is -0.879. The molecule has 0 atom stereocenters. The van der Waals surface area contributed by atoms with Gasteiger partial charge in [0, 0.05) is 12.1 Å². The number of para-hydroxylation sites is 1. The monoisotopic (exact) mass is 285 g/mol. The van der Waals surface area contributed by atoms with Gasteiger partial charge in [-0.05, 0) is 30.7 Å². The largest absolute Gasteiger partial charge is 0.496 e. The number of carboxylic acids is 1. The van der Waals surface area contributed by atoms with E-state index in [4.69, 9.17) is 9.84 Å². The maximum absolute atomic E-state index is 11.1. The number of nitrogens with one attached hydrogen (secondary N) is 1. The SMILES string of the molecule is COc1ccccc1CNCCc1ccccc1C(=O)O. The second kappa shape index (κ2) is 7.45. The van der Waals surface area contributed by atoms with Gasteiger partial charge in [0.2, 0.25) is 0 Å². The standard InChI is InChI=1S/C17H19NO3/c1-21-16-9-5-3-7-14(16)12-18-11-10-13-6-2-4-8-15(13)17(19)20/h2-9,18H,10-12H2,1H3,(H,19,20). The molecule has 0 aromatic heterocycles. The highest BCUT2D eigenvalue weighted by molar-refractivity contribution is 5.89. The Morgan fingerprint density at radius 1 is 1.10 bits per heavy atom. The fraction of sp³-hybridized carbons (Fsp3) is 0.235. The van der Waals surface area contributed by atoms with E-state index in [-0.39, 0.29) is 0 Å². The van der Waals surface area contributed by atoms with Crippen LogP contribution in [0.25, 0.3) is 0 Å². The third kappa shape index (κ3) is 4.07. The molecule has 2 N–H and O–H groups in total. The molecule has 0 aliphatic carbocycles. The number of aromatic carboxylic acids is 1. The molecule has 4 nitrogen and oxygen atoms in total. The number of ether oxygens (including phenoxy) is 1. The average Bonchev–Trinajstić information content (AvgIpc) is 2.52.